The lowest BCUT2D eigenvalue weighted by Crippen LogP contribution is -2.55. The molecule has 1 rings (SSSR count). The van der Waals surface area contributed by atoms with Crippen LogP contribution >= 0.6 is 0 Å². The predicted molar refractivity (Wildman–Crippen MR) is 81.5 cm³/mol. The van der Waals surface area contributed by atoms with Crippen molar-refractivity contribution in [1.82, 2.24) is 15.1 Å². The Morgan fingerprint density at radius 3 is 2.42 bits per heavy atom. The normalized spacial score (nSPS) is 21.8. The maximum atomic E-state index is 9.62. The molecule has 1 aliphatic heterocycles. The molecular formula is C15H33N3O. The molecule has 1 fully saturated rings. The number of rotatable bonds is 8. The van der Waals surface area contributed by atoms with E-state index in [4.69, 9.17) is 0 Å². The van der Waals surface area contributed by atoms with Gasteiger partial charge in [-0.1, -0.05) is 6.92 Å². The van der Waals surface area contributed by atoms with Crippen LogP contribution in [0.15, 0.2) is 0 Å². The Morgan fingerprint density at radius 1 is 1.32 bits per heavy atom. The summed E-state index contributed by atoms with van der Waals surface area (Å²) in [6.07, 6.45) is 3.68. The van der Waals surface area contributed by atoms with Gasteiger partial charge in [0.2, 0.25) is 0 Å². The Labute approximate surface area is 119 Å². The van der Waals surface area contributed by atoms with Crippen LogP contribution in [0.2, 0.25) is 0 Å². The SMILES string of the molecule is CCCNC(C)(CO)CN1CCC(CN(C)C)CC1. The third-order valence-electron chi connectivity index (χ3n) is 4.05. The van der Waals surface area contributed by atoms with Crippen molar-refractivity contribution in [3.63, 3.8) is 0 Å². The predicted octanol–water partition coefficient (Wildman–Crippen LogP) is 1.01. The molecule has 0 aliphatic carbocycles. The first-order chi connectivity index (χ1) is 8.99. The molecule has 0 amide bonds. The van der Waals surface area contributed by atoms with Crippen LogP contribution in [0.1, 0.15) is 33.1 Å². The molecule has 0 aromatic rings. The van der Waals surface area contributed by atoms with Crippen LogP contribution in [-0.4, -0.2) is 73.9 Å². The van der Waals surface area contributed by atoms with Gasteiger partial charge in [0.25, 0.3) is 0 Å². The summed E-state index contributed by atoms with van der Waals surface area (Å²) in [7, 11) is 4.31. The summed E-state index contributed by atoms with van der Waals surface area (Å²) in [6, 6.07) is 0. The van der Waals surface area contributed by atoms with Gasteiger partial charge in [0, 0.05) is 13.1 Å². The van der Waals surface area contributed by atoms with E-state index in [2.05, 4.69) is 43.1 Å². The van der Waals surface area contributed by atoms with Gasteiger partial charge >= 0.3 is 0 Å². The average molecular weight is 271 g/mol. The van der Waals surface area contributed by atoms with Crippen LogP contribution in [-0.2, 0) is 0 Å². The summed E-state index contributed by atoms with van der Waals surface area (Å²) in [6.45, 7) is 9.99. The minimum absolute atomic E-state index is 0.148. The molecule has 0 radical (unpaired) electrons. The molecule has 114 valence electrons. The van der Waals surface area contributed by atoms with Crippen LogP contribution in [0.25, 0.3) is 0 Å². The van der Waals surface area contributed by atoms with Crippen molar-refractivity contribution in [2.45, 2.75) is 38.6 Å². The monoisotopic (exact) mass is 271 g/mol. The van der Waals surface area contributed by atoms with Crippen molar-refractivity contribution in [2.24, 2.45) is 5.92 Å². The fraction of sp³-hybridized carbons (Fsp3) is 1.00. The van der Waals surface area contributed by atoms with Gasteiger partial charge in [-0.3, -0.25) is 0 Å². The van der Waals surface area contributed by atoms with Gasteiger partial charge in [0.05, 0.1) is 12.1 Å². The van der Waals surface area contributed by atoms with E-state index in [9.17, 15) is 5.11 Å². The van der Waals surface area contributed by atoms with Crippen LogP contribution in [0.5, 0.6) is 0 Å². The number of nitrogens with one attached hydrogen (secondary N) is 1. The summed E-state index contributed by atoms with van der Waals surface area (Å²) in [5, 5.41) is 13.1. The van der Waals surface area contributed by atoms with E-state index >= 15 is 0 Å². The maximum Gasteiger partial charge on any atom is 0.0623 e. The molecule has 1 unspecified atom stereocenters. The highest BCUT2D eigenvalue weighted by atomic mass is 16.3. The maximum absolute atomic E-state index is 9.62. The van der Waals surface area contributed by atoms with Crippen LogP contribution < -0.4 is 5.32 Å². The highest BCUT2D eigenvalue weighted by Gasteiger charge is 2.28. The largest absolute Gasteiger partial charge is 0.394 e. The first-order valence-electron chi connectivity index (χ1n) is 7.72. The second-order valence-corrected chi connectivity index (χ2v) is 6.63. The highest BCUT2D eigenvalue weighted by molar-refractivity contribution is 4.87. The lowest BCUT2D eigenvalue weighted by Gasteiger charge is -2.39. The second-order valence-electron chi connectivity index (χ2n) is 6.63. The van der Waals surface area contributed by atoms with E-state index < -0.39 is 0 Å². The van der Waals surface area contributed by atoms with Crippen LogP contribution in [0, 0.1) is 5.92 Å². The molecular weight excluding hydrogens is 238 g/mol. The van der Waals surface area contributed by atoms with Crippen LogP contribution in [0.3, 0.4) is 0 Å². The van der Waals surface area contributed by atoms with Gasteiger partial charge in [0.15, 0.2) is 0 Å². The number of hydrogen-bond acceptors (Lipinski definition) is 4. The van der Waals surface area contributed by atoms with Gasteiger partial charge in [-0.2, -0.15) is 0 Å². The van der Waals surface area contributed by atoms with Crippen molar-refractivity contribution in [3.8, 4) is 0 Å². The highest BCUT2D eigenvalue weighted by Crippen LogP contribution is 2.19. The van der Waals surface area contributed by atoms with Gasteiger partial charge in [0.1, 0.15) is 0 Å². The molecule has 1 saturated heterocycles. The van der Waals surface area contributed by atoms with E-state index in [1.807, 2.05) is 0 Å². The Bertz CT molecular complexity index is 240. The third kappa shape index (κ3) is 6.21. The quantitative estimate of drug-likeness (QED) is 0.691. The summed E-state index contributed by atoms with van der Waals surface area (Å²) >= 11 is 0. The van der Waals surface area contributed by atoms with Crippen LogP contribution in [0.4, 0.5) is 0 Å². The fourth-order valence-corrected chi connectivity index (χ4v) is 2.93. The first kappa shape index (κ1) is 16.9. The number of nitrogens with zero attached hydrogens (tertiary/aromatic N) is 2. The zero-order valence-corrected chi connectivity index (χ0v) is 13.3. The average Bonchev–Trinajstić information content (AvgIpc) is 2.38. The van der Waals surface area contributed by atoms with E-state index in [1.165, 1.54) is 32.5 Å². The Morgan fingerprint density at radius 2 is 1.95 bits per heavy atom. The molecule has 4 nitrogen and oxygen atoms in total. The number of piperidine rings is 1. The fourth-order valence-electron chi connectivity index (χ4n) is 2.93. The Hall–Kier alpha value is -0.160. The molecule has 1 aliphatic rings. The van der Waals surface area contributed by atoms with Crippen molar-refractivity contribution in [1.29, 1.82) is 0 Å². The first-order valence-corrected chi connectivity index (χ1v) is 7.72. The number of aliphatic hydroxyl groups excluding tert-OH is 1. The van der Waals surface area contributed by atoms with Crippen molar-refractivity contribution in [2.75, 3.05) is 53.4 Å². The molecule has 0 saturated carbocycles. The van der Waals surface area contributed by atoms with E-state index in [0.29, 0.717) is 0 Å². The topological polar surface area (TPSA) is 38.7 Å². The van der Waals surface area contributed by atoms with Gasteiger partial charge in [-0.25, -0.2) is 0 Å². The Kier molecular flexibility index (Phi) is 7.29. The van der Waals surface area contributed by atoms with E-state index in [1.54, 1.807) is 0 Å². The van der Waals surface area contributed by atoms with E-state index in [0.717, 1.165) is 25.4 Å². The van der Waals surface area contributed by atoms with Gasteiger partial charge in [-0.05, 0) is 65.8 Å². The summed E-state index contributed by atoms with van der Waals surface area (Å²) in [5.74, 6) is 0.843. The minimum Gasteiger partial charge on any atom is -0.394 e. The molecule has 1 atom stereocenters. The molecule has 0 bridgehead atoms. The number of hydrogen-bond donors (Lipinski definition) is 2. The van der Waals surface area contributed by atoms with Crippen molar-refractivity contribution in [3.05, 3.63) is 0 Å². The summed E-state index contributed by atoms with van der Waals surface area (Å²) in [5.41, 5.74) is -0.148. The zero-order chi connectivity index (χ0) is 14.3. The number of likely N-dealkylation sites (tertiary alicyclic amines) is 1. The molecule has 1 heterocycles. The molecule has 0 aromatic carbocycles. The molecule has 0 aromatic heterocycles. The minimum atomic E-state index is -0.148. The molecule has 19 heavy (non-hydrogen) atoms. The molecule has 0 spiro atoms. The van der Waals surface area contributed by atoms with Crippen molar-refractivity contribution >= 4 is 0 Å². The molecule has 2 N–H and O–H groups in total. The second kappa shape index (κ2) is 8.20. The lowest BCUT2D eigenvalue weighted by molar-refractivity contribution is 0.0915. The standard InChI is InChI=1S/C15H33N3O/c1-5-8-16-15(2,13-19)12-18-9-6-14(7-10-18)11-17(3)4/h14,16,19H,5-13H2,1-4H3. The third-order valence-corrected chi connectivity index (χ3v) is 4.05. The van der Waals surface area contributed by atoms with E-state index in [-0.39, 0.29) is 12.1 Å². The van der Waals surface area contributed by atoms with Gasteiger partial charge < -0.3 is 20.2 Å². The van der Waals surface area contributed by atoms with Gasteiger partial charge in [-0.15, -0.1) is 0 Å². The lowest BCUT2D eigenvalue weighted by atomic mass is 9.94. The molecule has 4 heteroatoms. The smallest absolute Gasteiger partial charge is 0.0623 e. The zero-order valence-electron chi connectivity index (χ0n) is 13.3. The summed E-state index contributed by atoms with van der Waals surface area (Å²) in [4.78, 5) is 4.80. The number of aliphatic hydroxyl groups is 1. The van der Waals surface area contributed by atoms with Crippen molar-refractivity contribution < 1.29 is 5.11 Å². The summed E-state index contributed by atoms with van der Waals surface area (Å²) < 4.78 is 0. The Balaban J connectivity index is 2.34.